The Labute approximate surface area is 145 Å². The summed E-state index contributed by atoms with van der Waals surface area (Å²) in [7, 11) is 0. The molecular weight excluding hydrogens is 322 g/mol. The number of carbonyl (C=O) groups excluding carboxylic acids is 1. The van der Waals surface area contributed by atoms with Crippen molar-refractivity contribution in [2.24, 2.45) is 0 Å². The van der Waals surface area contributed by atoms with Crippen molar-refractivity contribution < 1.29 is 14.3 Å². The first-order chi connectivity index (χ1) is 11.8. The van der Waals surface area contributed by atoms with Gasteiger partial charge in [0.2, 0.25) is 6.79 Å². The lowest BCUT2D eigenvalue weighted by molar-refractivity contribution is 0.0760. The molecule has 124 valence electrons. The van der Waals surface area contributed by atoms with Crippen LogP contribution in [0.15, 0.2) is 42.5 Å². The number of aryl methyl sites for hydroxylation is 1. The van der Waals surface area contributed by atoms with Crippen molar-refractivity contribution in [3.63, 3.8) is 0 Å². The highest BCUT2D eigenvalue weighted by atomic mass is 32.2. The third kappa shape index (κ3) is 2.73. The Morgan fingerprint density at radius 3 is 2.75 bits per heavy atom. The summed E-state index contributed by atoms with van der Waals surface area (Å²) in [6.07, 6.45) is 0.980. The average Bonchev–Trinajstić information content (AvgIpc) is 3.29. The van der Waals surface area contributed by atoms with Gasteiger partial charge in [0.15, 0.2) is 11.5 Å². The number of amides is 1. The minimum Gasteiger partial charge on any atom is -0.454 e. The van der Waals surface area contributed by atoms with Crippen LogP contribution in [0.25, 0.3) is 0 Å². The van der Waals surface area contributed by atoms with E-state index >= 15 is 0 Å². The molecule has 0 unspecified atom stereocenters. The van der Waals surface area contributed by atoms with Gasteiger partial charge in [-0.3, -0.25) is 4.79 Å². The summed E-state index contributed by atoms with van der Waals surface area (Å²) in [5.41, 5.74) is 3.08. The van der Waals surface area contributed by atoms with E-state index in [2.05, 4.69) is 6.92 Å². The van der Waals surface area contributed by atoms with Gasteiger partial charge < -0.3 is 14.4 Å². The van der Waals surface area contributed by atoms with Gasteiger partial charge in [-0.1, -0.05) is 25.1 Å². The second-order valence-corrected chi connectivity index (χ2v) is 7.07. The molecule has 0 aliphatic carbocycles. The molecule has 1 atom stereocenters. The highest BCUT2D eigenvalue weighted by Gasteiger charge is 2.32. The minimum atomic E-state index is 0.0258. The molecule has 4 nitrogen and oxygen atoms in total. The smallest absolute Gasteiger partial charge is 0.255 e. The van der Waals surface area contributed by atoms with Crippen LogP contribution in [0.4, 0.5) is 0 Å². The first-order valence-electron chi connectivity index (χ1n) is 8.17. The summed E-state index contributed by atoms with van der Waals surface area (Å²) in [4.78, 5) is 14.9. The van der Waals surface area contributed by atoms with E-state index < -0.39 is 0 Å². The topological polar surface area (TPSA) is 38.8 Å². The van der Waals surface area contributed by atoms with E-state index in [1.807, 2.05) is 47.4 Å². The van der Waals surface area contributed by atoms with Crippen LogP contribution in [0, 0.1) is 0 Å². The van der Waals surface area contributed by atoms with Crippen LogP contribution in [0.2, 0.25) is 0 Å². The van der Waals surface area contributed by atoms with Crippen molar-refractivity contribution in [3.05, 3.63) is 59.2 Å². The first-order valence-corrected chi connectivity index (χ1v) is 9.22. The molecule has 0 saturated carbocycles. The Kier molecular flexibility index (Phi) is 4.10. The molecule has 5 heteroatoms. The molecule has 0 aromatic heterocycles. The Bertz CT molecular complexity index is 760. The Morgan fingerprint density at radius 2 is 1.96 bits per heavy atom. The van der Waals surface area contributed by atoms with Crippen molar-refractivity contribution in [1.82, 2.24) is 4.90 Å². The molecule has 2 aliphatic heterocycles. The predicted octanol–water partition coefficient (Wildman–Crippen LogP) is 3.87. The summed E-state index contributed by atoms with van der Waals surface area (Å²) >= 11 is 1.79. The van der Waals surface area contributed by atoms with Gasteiger partial charge in [0, 0.05) is 17.9 Å². The Hall–Kier alpha value is -2.14. The quantitative estimate of drug-likeness (QED) is 0.850. The maximum atomic E-state index is 12.9. The zero-order chi connectivity index (χ0) is 16.5. The van der Waals surface area contributed by atoms with E-state index in [4.69, 9.17) is 9.47 Å². The van der Waals surface area contributed by atoms with Crippen molar-refractivity contribution in [2.75, 3.05) is 19.1 Å². The number of hydrogen-bond acceptors (Lipinski definition) is 4. The summed E-state index contributed by atoms with van der Waals surface area (Å²) in [5.74, 6) is 2.57. The second-order valence-electron chi connectivity index (χ2n) is 5.88. The molecule has 4 rings (SSSR count). The van der Waals surface area contributed by atoms with Crippen LogP contribution in [0.3, 0.4) is 0 Å². The number of rotatable bonds is 3. The number of carbonyl (C=O) groups is 1. The Balaban J connectivity index is 1.58. The van der Waals surface area contributed by atoms with Gasteiger partial charge in [-0.05, 0) is 41.8 Å². The molecule has 0 N–H and O–H groups in total. The first kappa shape index (κ1) is 15.4. The minimum absolute atomic E-state index is 0.0258. The molecule has 2 aromatic carbocycles. The van der Waals surface area contributed by atoms with Crippen LogP contribution in [-0.2, 0) is 6.42 Å². The van der Waals surface area contributed by atoms with Gasteiger partial charge in [-0.25, -0.2) is 0 Å². The zero-order valence-electron chi connectivity index (χ0n) is 13.5. The van der Waals surface area contributed by atoms with Crippen molar-refractivity contribution in [1.29, 1.82) is 0 Å². The largest absolute Gasteiger partial charge is 0.454 e. The van der Waals surface area contributed by atoms with Crippen LogP contribution < -0.4 is 9.47 Å². The lowest BCUT2D eigenvalue weighted by atomic mass is 10.1. The lowest BCUT2D eigenvalue weighted by Crippen LogP contribution is -2.30. The van der Waals surface area contributed by atoms with E-state index in [1.165, 1.54) is 5.56 Å². The molecule has 2 heterocycles. The third-order valence-electron chi connectivity index (χ3n) is 4.44. The SMILES string of the molecule is CCc1ccc(C(=O)N2CCS[C@@H]2c2ccc3c(c2)OCO3)cc1. The number of fused-ring (bicyclic) bond motifs is 1. The number of hydrogen-bond donors (Lipinski definition) is 0. The highest BCUT2D eigenvalue weighted by molar-refractivity contribution is 7.99. The van der Waals surface area contributed by atoms with Gasteiger partial charge >= 0.3 is 0 Å². The monoisotopic (exact) mass is 341 g/mol. The van der Waals surface area contributed by atoms with Crippen LogP contribution in [0.1, 0.15) is 33.8 Å². The molecule has 24 heavy (non-hydrogen) atoms. The normalized spacial score (nSPS) is 18.9. The van der Waals surface area contributed by atoms with Crippen molar-refractivity contribution in [3.8, 4) is 11.5 Å². The third-order valence-corrected chi connectivity index (χ3v) is 5.70. The zero-order valence-corrected chi connectivity index (χ0v) is 14.3. The molecule has 0 radical (unpaired) electrons. The summed E-state index contributed by atoms with van der Waals surface area (Å²) in [5, 5.41) is 0.0258. The fourth-order valence-electron chi connectivity index (χ4n) is 3.07. The molecule has 0 spiro atoms. The second kappa shape index (κ2) is 6.40. The van der Waals surface area contributed by atoms with Crippen LogP contribution >= 0.6 is 11.8 Å². The van der Waals surface area contributed by atoms with E-state index in [0.717, 1.165) is 41.3 Å². The summed E-state index contributed by atoms with van der Waals surface area (Å²) in [6.45, 7) is 3.14. The molecule has 0 bridgehead atoms. The maximum Gasteiger partial charge on any atom is 0.255 e. The molecule has 2 aliphatic rings. The predicted molar refractivity (Wildman–Crippen MR) is 94.6 cm³/mol. The van der Waals surface area contributed by atoms with E-state index in [0.29, 0.717) is 0 Å². The number of thioether (sulfide) groups is 1. The van der Waals surface area contributed by atoms with E-state index in [-0.39, 0.29) is 18.1 Å². The van der Waals surface area contributed by atoms with Gasteiger partial charge in [-0.2, -0.15) is 0 Å². The number of ether oxygens (including phenoxy) is 2. The molecular formula is C19H19NO3S. The number of nitrogens with zero attached hydrogens (tertiary/aromatic N) is 1. The van der Waals surface area contributed by atoms with Gasteiger partial charge in [0.25, 0.3) is 5.91 Å². The van der Waals surface area contributed by atoms with Crippen molar-refractivity contribution >= 4 is 17.7 Å². The van der Waals surface area contributed by atoms with Gasteiger partial charge in [-0.15, -0.1) is 11.8 Å². The fraction of sp³-hybridized carbons (Fsp3) is 0.316. The van der Waals surface area contributed by atoms with E-state index in [9.17, 15) is 4.79 Å². The molecule has 1 fully saturated rings. The molecule has 1 amide bonds. The molecule has 1 saturated heterocycles. The van der Waals surface area contributed by atoms with Crippen LogP contribution in [-0.4, -0.2) is 29.9 Å². The maximum absolute atomic E-state index is 12.9. The lowest BCUT2D eigenvalue weighted by Gasteiger charge is -2.24. The standard InChI is InChI=1S/C19H19NO3S/c1-2-13-3-5-14(6-4-13)18(21)20-9-10-24-19(20)15-7-8-16-17(11-15)23-12-22-16/h3-8,11,19H,2,9-10,12H2,1H3/t19-/m1/s1. The summed E-state index contributed by atoms with van der Waals surface area (Å²) in [6, 6.07) is 13.9. The Morgan fingerprint density at radius 1 is 1.17 bits per heavy atom. The van der Waals surface area contributed by atoms with E-state index in [1.54, 1.807) is 11.8 Å². The van der Waals surface area contributed by atoms with Crippen molar-refractivity contribution in [2.45, 2.75) is 18.7 Å². The van der Waals surface area contributed by atoms with Gasteiger partial charge in [0.05, 0.1) is 0 Å². The summed E-state index contributed by atoms with van der Waals surface area (Å²) < 4.78 is 10.8. The number of benzene rings is 2. The molecule has 2 aromatic rings. The fourth-order valence-corrected chi connectivity index (χ4v) is 4.32. The highest BCUT2D eigenvalue weighted by Crippen LogP contribution is 2.42. The van der Waals surface area contributed by atoms with Gasteiger partial charge in [0.1, 0.15) is 5.37 Å². The average molecular weight is 341 g/mol. The van der Waals surface area contributed by atoms with Crippen LogP contribution in [0.5, 0.6) is 11.5 Å².